The highest BCUT2D eigenvalue weighted by atomic mass is 32.2. The summed E-state index contributed by atoms with van der Waals surface area (Å²) in [7, 11) is -1.93. The highest BCUT2D eigenvalue weighted by Gasteiger charge is 2.22. The van der Waals surface area contributed by atoms with Crippen LogP contribution in [0.3, 0.4) is 0 Å². The summed E-state index contributed by atoms with van der Waals surface area (Å²) in [4.78, 5) is 2.83. The minimum atomic E-state index is -3.53. The lowest BCUT2D eigenvalue weighted by Crippen LogP contribution is -2.32. The van der Waals surface area contributed by atoms with Gasteiger partial charge in [-0.05, 0) is 80.5 Å². The molecule has 0 saturated heterocycles. The molecule has 0 amide bonds. The van der Waals surface area contributed by atoms with E-state index in [1.807, 2.05) is 20.8 Å². The number of hydrogen-bond donors (Lipinski definition) is 1. The minimum absolute atomic E-state index is 0.378. The number of nitrogens with zero attached hydrogens (tertiary/aromatic N) is 1. The minimum Gasteiger partial charge on any atom is -0.496 e. The van der Waals surface area contributed by atoms with Gasteiger partial charge in [-0.1, -0.05) is 24.3 Å². The number of rotatable bonds is 8. The van der Waals surface area contributed by atoms with Gasteiger partial charge in [0.05, 0.1) is 12.0 Å². The fourth-order valence-electron chi connectivity index (χ4n) is 4.13. The SMILES string of the molecule is COc1cc(C)c(S(=O)(=O)NCCCCN2CCc3ccccc3C2)c(C)c1C. The van der Waals surface area contributed by atoms with Crippen LogP contribution in [0.2, 0.25) is 0 Å². The van der Waals surface area contributed by atoms with Crippen molar-refractivity contribution in [3.63, 3.8) is 0 Å². The Hall–Kier alpha value is -1.89. The topological polar surface area (TPSA) is 58.6 Å². The number of hydrogen-bond acceptors (Lipinski definition) is 4. The van der Waals surface area contributed by atoms with Crippen molar-refractivity contribution < 1.29 is 13.2 Å². The molecule has 1 aliphatic heterocycles. The molecule has 5 nitrogen and oxygen atoms in total. The molecule has 0 saturated carbocycles. The third kappa shape index (κ3) is 5.00. The summed E-state index contributed by atoms with van der Waals surface area (Å²) in [5, 5.41) is 0. The van der Waals surface area contributed by atoms with Crippen LogP contribution >= 0.6 is 0 Å². The van der Waals surface area contributed by atoms with Crippen molar-refractivity contribution in [1.29, 1.82) is 0 Å². The predicted molar refractivity (Wildman–Crippen MR) is 117 cm³/mol. The number of ether oxygens (including phenoxy) is 1. The van der Waals surface area contributed by atoms with Gasteiger partial charge in [-0.25, -0.2) is 13.1 Å². The number of unbranched alkanes of at least 4 members (excludes halogenated alkanes) is 1. The second-order valence-electron chi connectivity index (χ2n) is 7.87. The summed E-state index contributed by atoms with van der Waals surface area (Å²) in [5.41, 5.74) is 5.20. The zero-order chi connectivity index (χ0) is 21.0. The van der Waals surface area contributed by atoms with Crippen molar-refractivity contribution >= 4 is 10.0 Å². The molecular weight excluding hydrogens is 384 g/mol. The summed E-state index contributed by atoms with van der Waals surface area (Å²) in [5.74, 6) is 0.724. The first-order chi connectivity index (χ1) is 13.8. The van der Waals surface area contributed by atoms with E-state index >= 15 is 0 Å². The number of methoxy groups -OCH3 is 1. The maximum absolute atomic E-state index is 12.9. The second-order valence-corrected chi connectivity index (χ2v) is 9.58. The fourth-order valence-corrected chi connectivity index (χ4v) is 5.73. The van der Waals surface area contributed by atoms with Gasteiger partial charge in [0, 0.05) is 19.6 Å². The Morgan fingerprint density at radius 2 is 1.79 bits per heavy atom. The van der Waals surface area contributed by atoms with Crippen LogP contribution in [0.15, 0.2) is 35.2 Å². The smallest absolute Gasteiger partial charge is 0.241 e. The number of sulfonamides is 1. The molecule has 0 bridgehead atoms. The molecule has 0 radical (unpaired) electrons. The largest absolute Gasteiger partial charge is 0.496 e. The highest BCUT2D eigenvalue weighted by molar-refractivity contribution is 7.89. The van der Waals surface area contributed by atoms with Crippen LogP contribution in [0.1, 0.15) is 40.7 Å². The Bertz CT molecular complexity index is 970. The molecule has 158 valence electrons. The second kappa shape index (κ2) is 9.28. The number of benzene rings is 2. The molecule has 0 atom stereocenters. The Morgan fingerprint density at radius 1 is 1.07 bits per heavy atom. The van der Waals surface area contributed by atoms with Crippen LogP contribution in [-0.4, -0.2) is 40.1 Å². The molecule has 29 heavy (non-hydrogen) atoms. The molecule has 0 fully saturated rings. The zero-order valence-electron chi connectivity index (χ0n) is 17.9. The monoisotopic (exact) mass is 416 g/mol. The molecule has 0 unspecified atom stereocenters. The standard InChI is InChI=1S/C23H32N2O3S/c1-17-15-22(28-4)18(2)19(3)23(17)29(26,27)24-12-7-8-13-25-14-11-20-9-5-6-10-21(20)16-25/h5-6,9-10,15,24H,7-8,11-14,16H2,1-4H3. The van der Waals surface area contributed by atoms with Crippen LogP contribution in [0.4, 0.5) is 0 Å². The quantitative estimate of drug-likeness (QED) is 0.666. The fraction of sp³-hybridized carbons (Fsp3) is 0.478. The predicted octanol–water partition coefficient (Wildman–Crippen LogP) is 3.74. The number of fused-ring (bicyclic) bond motifs is 1. The van der Waals surface area contributed by atoms with Crippen molar-refractivity contribution in [3.8, 4) is 5.75 Å². The van der Waals surface area contributed by atoms with Crippen molar-refractivity contribution in [3.05, 3.63) is 58.1 Å². The zero-order valence-corrected chi connectivity index (χ0v) is 18.7. The molecule has 3 rings (SSSR count). The molecule has 2 aromatic rings. The van der Waals surface area contributed by atoms with Crippen molar-refractivity contribution in [2.75, 3.05) is 26.7 Å². The maximum atomic E-state index is 12.9. The normalized spacial score (nSPS) is 14.6. The van der Waals surface area contributed by atoms with Crippen LogP contribution in [0.25, 0.3) is 0 Å². The lowest BCUT2D eigenvalue weighted by molar-refractivity contribution is 0.249. The average Bonchev–Trinajstić information content (AvgIpc) is 2.70. The maximum Gasteiger partial charge on any atom is 0.241 e. The summed E-state index contributed by atoms with van der Waals surface area (Å²) >= 11 is 0. The van der Waals surface area contributed by atoms with Crippen LogP contribution < -0.4 is 9.46 Å². The van der Waals surface area contributed by atoms with Crippen LogP contribution in [0, 0.1) is 20.8 Å². The van der Waals surface area contributed by atoms with E-state index in [-0.39, 0.29) is 0 Å². The summed E-state index contributed by atoms with van der Waals surface area (Å²) in [6, 6.07) is 10.4. The Balaban J connectivity index is 1.51. The van der Waals surface area contributed by atoms with Gasteiger partial charge in [0.1, 0.15) is 5.75 Å². The van der Waals surface area contributed by atoms with E-state index in [4.69, 9.17) is 4.74 Å². The Kier molecular flexibility index (Phi) is 6.98. The van der Waals surface area contributed by atoms with Gasteiger partial charge in [0.25, 0.3) is 0 Å². The molecule has 6 heteroatoms. The van der Waals surface area contributed by atoms with Gasteiger partial charge in [0.2, 0.25) is 10.0 Å². The first-order valence-corrected chi connectivity index (χ1v) is 11.8. The van der Waals surface area contributed by atoms with E-state index in [0.29, 0.717) is 17.0 Å². The van der Waals surface area contributed by atoms with Gasteiger partial charge in [-0.2, -0.15) is 0 Å². The summed E-state index contributed by atoms with van der Waals surface area (Å²) in [6.45, 7) is 9.07. The molecule has 0 aliphatic carbocycles. The number of nitrogens with one attached hydrogen (secondary N) is 1. The molecule has 1 N–H and O–H groups in total. The third-order valence-corrected chi connectivity index (χ3v) is 7.62. The Morgan fingerprint density at radius 3 is 2.52 bits per heavy atom. The van der Waals surface area contributed by atoms with Gasteiger partial charge in [0.15, 0.2) is 0 Å². The van der Waals surface area contributed by atoms with E-state index in [0.717, 1.165) is 55.8 Å². The highest BCUT2D eigenvalue weighted by Crippen LogP contribution is 2.30. The molecule has 0 spiro atoms. The van der Waals surface area contributed by atoms with Gasteiger partial charge >= 0.3 is 0 Å². The molecule has 1 heterocycles. The van der Waals surface area contributed by atoms with Crippen molar-refractivity contribution in [1.82, 2.24) is 9.62 Å². The lowest BCUT2D eigenvalue weighted by atomic mass is 10.00. The van der Waals surface area contributed by atoms with Gasteiger partial charge in [-0.15, -0.1) is 0 Å². The van der Waals surface area contributed by atoms with Crippen LogP contribution in [0.5, 0.6) is 5.75 Å². The molecule has 1 aliphatic rings. The van der Waals surface area contributed by atoms with Crippen molar-refractivity contribution in [2.45, 2.75) is 51.5 Å². The first-order valence-electron chi connectivity index (χ1n) is 10.3. The summed E-state index contributed by atoms with van der Waals surface area (Å²) in [6.07, 6.45) is 2.90. The first kappa shape index (κ1) is 21.8. The van der Waals surface area contributed by atoms with Gasteiger partial charge < -0.3 is 4.74 Å². The van der Waals surface area contributed by atoms with Crippen molar-refractivity contribution in [2.24, 2.45) is 0 Å². The van der Waals surface area contributed by atoms with Crippen LogP contribution in [-0.2, 0) is 23.0 Å². The lowest BCUT2D eigenvalue weighted by Gasteiger charge is -2.28. The van der Waals surface area contributed by atoms with E-state index in [2.05, 4.69) is 33.9 Å². The number of aryl methyl sites for hydroxylation is 1. The van der Waals surface area contributed by atoms with E-state index < -0.39 is 10.0 Å². The molecule has 0 aromatic heterocycles. The Labute approximate surface area is 175 Å². The molecular formula is C23H32N2O3S. The van der Waals surface area contributed by atoms with E-state index in [1.54, 1.807) is 13.2 Å². The van der Waals surface area contributed by atoms with Gasteiger partial charge in [-0.3, -0.25) is 4.90 Å². The summed E-state index contributed by atoms with van der Waals surface area (Å²) < 4.78 is 33.9. The van der Waals surface area contributed by atoms with E-state index in [9.17, 15) is 8.42 Å². The molecule has 2 aromatic carbocycles. The van der Waals surface area contributed by atoms with E-state index in [1.165, 1.54) is 11.1 Å². The average molecular weight is 417 g/mol. The third-order valence-electron chi connectivity index (χ3n) is 5.87.